The van der Waals surface area contributed by atoms with E-state index in [9.17, 15) is 0 Å². The van der Waals surface area contributed by atoms with Crippen molar-refractivity contribution in [2.75, 3.05) is 6.61 Å². The first kappa shape index (κ1) is 15.4. The molecule has 0 aliphatic carbocycles. The Bertz CT molecular complexity index is 843. The van der Waals surface area contributed by atoms with Crippen LogP contribution in [0.4, 0.5) is 0 Å². The zero-order valence-corrected chi connectivity index (χ0v) is 13.3. The summed E-state index contributed by atoms with van der Waals surface area (Å²) in [5.41, 5.74) is 5.74. The van der Waals surface area contributed by atoms with E-state index in [1.54, 1.807) is 17.8 Å². The Morgan fingerprint density at radius 1 is 1.00 bits per heavy atom. The van der Waals surface area contributed by atoms with Gasteiger partial charge in [0.15, 0.2) is 0 Å². The number of nitriles is 2. The first-order valence-electron chi connectivity index (χ1n) is 7.21. The Labute approximate surface area is 139 Å². The third-order valence-electron chi connectivity index (χ3n) is 3.63. The molecule has 0 radical (unpaired) electrons. The molecule has 0 aromatic heterocycles. The molecule has 3 nitrogen and oxygen atoms in total. The lowest BCUT2D eigenvalue weighted by Crippen LogP contribution is -2.04. The van der Waals surface area contributed by atoms with Gasteiger partial charge in [-0.3, -0.25) is 0 Å². The molecular formula is C19H14N2OS. The number of rotatable bonds is 4. The van der Waals surface area contributed by atoms with E-state index in [0.717, 1.165) is 22.5 Å². The summed E-state index contributed by atoms with van der Waals surface area (Å²) < 4.78 is 5.82. The molecule has 0 atom stereocenters. The van der Waals surface area contributed by atoms with Gasteiger partial charge in [-0.2, -0.15) is 10.5 Å². The molecule has 1 heterocycles. The van der Waals surface area contributed by atoms with Crippen LogP contribution in [-0.2, 0) is 17.1 Å². The molecule has 0 bridgehead atoms. The molecule has 3 rings (SSSR count). The predicted molar refractivity (Wildman–Crippen MR) is 91.2 cm³/mol. The highest BCUT2D eigenvalue weighted by Gasteiger charge is 2.14. The summed E-state index contributed by atoms with van der Waals surface area (Å²) in [6.07, 6.45) is 0. The minimum Gasteiger partial charge on any atom is -0.372 e. The maximum absolute atomic E-state index is 9.07. The van der Waals surface area contributed by atoms with Crippen molar-refractivity contribution in [3.05, 3.63) is 75.7 Å². The van der Waals surface area contributed by atoms with Crippen molar-refractivity contribution in [2.45, 2.75) is 12.4 Å². The quantitative estimate of drug-likeness (QED) is 0.846. The van der Waals surface area contributed by atoms with Gasteiger partial charge in [0.1, 0.15) is 0 Å². The van der Waals surface area contributed by atoms with Crippen LogP contribution < -0.4 is 0 Å². The molecule has 112 valence electrons. The fourth-order valence-corrected chi connectivity index (χ4v) is 3.40. The molecule has 0 saturated heterocycles. The highest BCUT2D eigenvalue weighted by atomic mass is 32.2. The summed E-state index contributed by atoms with van der Waals surface area (Å²) in [4.78, 5) is 0. The van der Waals surface area contributed by atoms with Crippen LogP contribution in [0.3, 0.4) is 0 Å². The summed E-state index contributed by atoms with van der Waals surface area (Å²) >= 11 is 1.74. The molecule has 0 unspecified atom stereocenters. The third-order valence-corrected chi connectivity index (χ3v) is 4.56. The Balaban J connectivity index is 1.69. The molecule has 1 aliphatic rings. The van der Waals surface area contributed by atoms with Gasteiger partial charge in [-0.05, 0) is 51.9 Å². The van der Waals surface area contributed by atoms with E-state index in [1.807, 2.05) is 36.4 Å². The second kappa shape index (κ2) is 7.15. The van der Waals surface area contributed by atoms with Crippen molar-refractivity contribution >= 4 is 17.3 Å². The van der Waals surface area contributed by atoms with Crippen LogP contribution in [-0.4, -0.2) is 6.61 Å². The van der Waals surface area contributed by atoms with Crippen molar-refractivity contribution in [2.24, 2.45) is 0 Å². The highest BCUT2D eigenvalue weighted by molar-refractivity contribution is 8.01. The third kappa shape index (κ3) is 3.63. The first-order valence-corrected chi connectivity index (χ1v) is 8.26. The molecule has 0 amide bonds. The van der Waals surface area contributed by atoms with E-state index >= 15 is 0 Å². The van der Waals surface area contributed by atoms with Gasteiger partial charge in [0.25, 0.3) is 0 Å². The van der Waals surface area contributed by atoms with E-state index < -0.39 is 0 Å². The topological polar surface area (TPSA) is 56.8 Å². The second-order valence-electron chi connectivity index (χ2n) is 5.24. The number of hydrogen-bond acceptors (Lipinski definition) is 4. The normalized spacial score (nSPS) is 12.7. The van der Waals surface area contributed by atoms with Crippen LogP contribution in [0.25, 0.3) is 5.57 Å². The molecule has 2 aromatic rings. The minimum atomic E-state index is 0.463. The Morgan fingerprint density at radius 3 is 2.65 bits per heavy atom. The molecule has 4 heteroatoms. The van der Waals surface area contributed by atoms with Crippen LogP contribution in [0.15, 0.2) is 47.9 Å². The standard InChI is InChI=1S/C19H14N2OS/c20-8-14-2-1-3-16(6-14)10-22-11-18-13-23-12-17-5-4-15(9-21)7-19(17)18/h1-7,13H,10-12H2. The molecule has 0 saturated carbocycles. The van der Waals surface area contributed by atoms with Gasteiger partial charge < -0.3 is 4.74 Å². The lowest BCUT2D eigenvalue weighted by atomic mass is 9.99. The monoisotopic (exact) mass is 318 g/mol. The Morgan fingerprint density at radius 2 is 1.83 bits per heavy atom. The molecule has 23 heavy (non-hydrogen) atoms. The second-order valence-corrected chi connectivity index (χ2v) is 6.10. The largest absolute Gasteiger partial charge is 0.372 e. The highest BCUT2D eigenvalue weighted by Crippen LogP contribution is 2.32. The molecule has 0 fully saturated rings. The number of ether oxygens (including phenoxy) is 1. The Kier molecular flexibility index (Phi) is 4.78. The van der Waals surface area contributed by atoms with Gasteiger partial charge in [-0.25, -0.2) is 0 Å². The molecule has 2 aromatic carbocycles. The average molecular weight is 318 g/mol. The van der Waals surface area contributed by atoms with Gasteiger partial charge in [-0.15, -0.1) is 11.8 Å². The summed E-state index contributed by atoms with van der Waals surface area (Å²) in [5, 5.41) is 20.1. The van der Waals surface area contributed by atoms with E-state index in [1.165, 1.54) is 5.56 Å². The van der Waals surface area contributed by atoms with Crippen LogP contribution in [0.5, 0.6) is 0 Å². The summed E-state index contributed by atoms with van der Waals surface area (Å²) in [6, 6.07) is 17.6. The van der Waals surface area contributed by atoms with Crippen LogP contribution in [0, 0.1) is 22.7 Å². The van der Waals surface area contributed by atoms with Gasteiger partial charge in [0, 0.05) is 5.75 Å². The number of benzene rings is 2. The van der Waals surface area contributed by atoms with Crippen LogP contribution >= 0.6 is 11.8 Å². The summed E-state index contributed by atoms with van der Waals surface area (Å²) in [5.74, 6) is 0.925. The first-order chi connectivity index (χ1) is 11.3. The van der Waals surface area contributed by atoms with Gasteiger partial charge >= 0.3 is 0 Å². The fraction of sp³-hybridized carbons (Fsp3) is 0.158. The summed E-state index contributed by atoms with van der Waals surface area (Å²) in [7, 11) is 0. The van der Waals surface area contributed by atoms with Gasteiger partial charge in [0.05, 0.1) is 36.5 Å². The van der Waals surface area contributed by atoms with Crippen molar-refractivity contribution < 1.29 is 4.74 Å². The predicted octanol–water partition coefficient (Wildman–Crippen LogP) is 4.23. The lowest BCUT2D eigenvalue weighted by molar-refractivity contribution is 0.153. The average Bonchev–Trinajstić information content (AvgIpc) is 2.61. The van der Waals surface area contributed by atoms with E-state index in [4.69, 9.17) is 15.3 Å². The molecular weight excluding hydrogens is 304 g/mol. The SMILES string of the molecule is N#Cc1cccc(COCC2=CSCc3ccc(C#N)cc32)c1. The summed E-state index contributed by atoms with van der Waals surface area (Å²) in [6.45, 7) is 0.955. The van der Waals surface area contributed by atoms with Crippen molar-refractivity contribution in [1.29, 1.82) is 10.5 Å². The Hall–Kier alpha value is -2.53. The lowest BCUT2D eigenvalue weighted by Gasteiger charge is -2.18. The smallest absolute Gasteiger partial charge is 0.0991 e. The van der Waals surface area contributed by atoms with Crippen LogP contribution in [0.2, 0.25) is 0 Å². The zero-order chi connectivity index (χ0) is 16.1. The van der Waals surface area contributed by atoms with Crippen molar-refractivity contribution in [1.82, 2.24) is 0 Å². The molecule has 0 spiro atoms. The fourth-order valence-electron chi connectivity index (χ4n) is 2.49. The van der Waals surface area contributed by atoms with Crippen LogP contribution in [0.1, 0.15) is 27.8 Å². The number of fused-ring (bicyclic) bond motifs is 1. The van der Waals surface area contributed by atoms with Crippen molar-refractivity contribution in [3.8, 4) is 12.1 Å². The number of nitrogens with zero attached hydrogens (tertiary/aromatic N) is 2. The maximum Gasteiger partial charge on any atom is 0.0991 e. The van der Waals surface area contributed by atoms with Gasteiger partial charge in [0.2, 0.25) is 0 Å². The maximum atomic E-state index is 9.07. The van der Waals surface area contributed by atoms with E-state index in [0.29, 0.717) is 24.3 Å². The molecule has 1 aliphatic heterocycles. The van der Waals surface area contributed by atoms with E-state index in [-0.39, 0.29) is 0 Å². The minimum absolute atomic E-state index is 0.463. The zero-order valence-electron chi connectivity index (χ0n) is 12.5. The molecule has 0 N–H and O–H groups in total. The van der Waals surface area contributed by atoms with Gasteiger partial charge in [-0.1, -0.05) is 18.2 Å². The van der Waals surface area contributed by atoms with E-state index in [2.05, 4.69) is 17.5 Å². The van der Waals surface area contributed by atoms with Crippen molar-refractivity contribution in [3.63, 3.8) is 0 Å². The number of hydrogen-bond donors (Lipinski definition) is 0. The number of thioether (sulfide) groups is 1.